The maximum absolute atomic E-state index is 13.3. The minimum atomic E-state index is -1.03. The van der Waals surface area contributed by atoms with E-state index in [1.165, 1.54) is 0 Å². The molecule has 5 amide bonds. The van der Waals surface area contributed by atoms with Gasteiger partial charge in [-0.15, -0.1) is 0 Å². The maximum Gasteiger partial charge on any atom is 0.243 e. The average molecular weight is 612 g/mol. The Kier molecular flexibility index (Phi) is 12.0. The highest BCUT2D eigenvalue weighted by atomic mass is 16.2. The van der Waals surface area contributed by atoms with Crippen molar-refractivity contribution in [1.29, 1.82) is 0 Å². The second-order valence-corrected chi connectivity index (χ2v) is 10.9. The molecule has 11 heteroatoms. The van der Waals surface area contributed by atoms with Crippen LogP contribution in [0.5, 0.6) is 0 Å². The van der Waals surface area contributed by atoms with Gasteiger partial charge >= 0.3 is 0 Å². The summed E-state index contributed by atoms with van der Waals surface area (Å²) in [7, 11) is 0. The third kappa shape index (κ3) is 10.7. The lowest BCUT2D eigenvalue weighted by molar-refractivity contribution is -0.132. The van der Waals surface area contributed by atoms with Gasteiger partial charge in [-0.05, 0) is 48.1 Å². The molecular weight excluding hydrogens is 574 g/mol. The molecule has 2 aliphatic rings. The van der Waals surface area contributed by atoms with E-state index in [2.05, 4.69) is 26.6 Å². The molecule has 45 heavy (non-hydrogen) atoms. The van der Waals surface area contributed by atoms with Crippen molar-refractivity contribution in [2.45, 2.75) is 56.7 Å². The molecule has 0 spiro atoms. The topological polar surface area (TPSA) is 163 Å². The van der Waals surface area contributed by atoms with Gasteiger partial charge in [0.2, 0.25) is 29.5 Å². The molecule has 3 aromatic rings. The number of hydrogen-bond acceptors (Lipinski definition) is 6. The lowest BCUT2D eigenvalue weighted by atomic mass is 10.0. The van der Waals surface area contributed by atoms with Crippen molar-refractivity contribution in [2.24, 2.45) is 0 Å². The third-order valence-electron chi connectivity index (χ3n) is 7.34. The number of carbonyl (C=O) groups excluding carboxylic acids is 6. The Bertz CT molecular complexity index is 1480. The van der Waals surface area contributed by atoms with Gasteiger partial charge < -0.3 is 31.4 Å². The van der Waals surface area contributed by atoms with Crippen LogP contribution < -0.4 is 26.6 Å². The van der Waals surface area contributed by atoms with Crippen LogP contribution in [0, 0.1) is 0 Å². The van der Waals surface area contributed by atoms with Crippen LogP contribution in [0.25, 0.3) is 0 Å². The fourth-order valence-corrected chi connectivity index (χ4v) is 4.93. The third-order valence-corrected chi connectivity index (χ3v) is 7.34. The van der Waals surface area contributed by atoms with E-state index < -0.39 is 48.3 Å². The van der Waals surface area contributed by atoms with Gasteiger partial charge in [0.1, 0.15) is 18.4 Å². The number of rotatable bonds is 6. The molecular formula is C34H37N5O6. The van der Waals surface area contributed by atoms with Gasteiger partial charge in [0, 0.05) is 24.9 Å². The van der Waals surface area contributed by atoms with E-state index in [1.807, 2.05) is 60.7 Å². The van der Waals surface area contributed by atoms with Crippen molar-refractivity contribution in [3.63, 3.8) is 0 Å². The van der Waals surface area contributed by atoms with Gasteiger partial charge in [0.25, 0.3) is 0 Å². The van der Waals surface area contributed by atoms with Gasteiger partial charge in [-0.25, -0.2) is 0 Å². The number of hydrogen-bond donors (Lipinski definition) is 5. The summed E-state index contributed by atoms with van der Waals surface area (Å²) in [5.41, 5.74) is 3.00. The smallest absolute Gasteiger partial charge is 0.243 e. The summed E-state index contributed by atoms with van der Waals surface area (Å²) in [5.74, 6) is -2.61. The van der Waals surface area contributed by atoms with E-state index in [9.17, 15) is 28.8 Å². The quantitative estimate of drug-likeness (QED) is 0.210. The fraction of sp³-hybridized carbons (Fsp3) is 0.294. The predicted octanol–water partition coefficient (Wildman–Crippen LogP) is 1.61. The molecule has 3 aromatic carbocycles. The molecule has 2 bridgehead atoms. The SMILES string of the molecule is O=C[C@@H]1Cc2ccc(cc2)NC(=O)CCC(=O)N[C@H](CCc2ccccc2)C(=O)NCC(=O)N[C@H](Cc2ccccc2)C(=O)N1. The van der Waals surface area contributed by atoms with E-state index in [-0.39, 0.29) is 38.0 Å². The van der Waals surface area contributed by atoms with Crippen molar-refractivity contribution in [1.82, 2.24) is 21.3 Å². The number of anilines is 1. The van der Waals surface area contributed by atoms with Crippen LogP contribution >= 0.6 is 0 Å². The second kappa shape index (κ2) is 16.5. The fourth-order valence-electron chi connectivity index (χ4n) is 4.93. The van der Waals surface area contributed by atoms with Crippen molar-refractivity contribution in [3.8, 4) is 0 Å². The van der Waals surface area contributed by atoms with Crippen LogP contribution in [0.4, 0.5) is 5.69 Å². The molecule has 0 unspecified atom stereocenters. The van der Waals surface area contributed by atoms with E-state index in [0.29, 0.717) is 18.4 Å². The first-order valence-corrected chi connectivity index (χ1v) is 14.9. The van der Waals surface area contributed by atoms with Gasteiger partial charge in [-0.1, -0.05) is 72.8 Å². The maximum atomic E-state index is 13.3. The molecule has 11 nitrogen and oxygen atoms in total. The monoisotopic (exact) mass is 611 g/mol. The Morgan fingerprint density at radius 3 is 1.93 bits per heavy atom. The van der Waals surface area contributed by atoms with Crippen LogP contribution in [0.15, 0.2) is 84.9 Å². The zero-order valence-electron chi connectivity index (χ0n) is 24.8. The van der Waals surface area contributed by atoms with Gasteiger partial charge in [-0.2, -0.15) is 0 Å². The van der Waals surface area contributed by atoms with Crippen molar-refractivity contribution in [3.05, 3.63) is 102 Å². The van der Waals surface area contributed by atoms with Gasteiger partial charge in [0.05, 0.1) is 12.6 Å². The van der Waals surface area contributed by atoms with E-state index in [0.717, 1.165) is 16.7 Å². The lowest BCUT2D eigenvalue weighted by Crippen LogP contribution is -2.54. The molecule has 0 aromatic heterocycles. The molecule has 2 heterocycles. The van der Waals surface area contributed by atoms with E-state index >= 15 is 0 Å². The summed E-state index contributed by atoms with van der Waals surface area (Å²) in [4.78, 5) is 76.7. The molecule has 0 saturated carbocycles. The van der Waals surface area contributed by atoms with Crippen LogP contribution in [0.3, 0.4) is 0 Å². The van der Waals surface area contributed by atoms with E-state index in [4.69, 9.17) is 0 Å². The summed E-state index contributed by atoms with van der Waals surface area (Å²) < 4.78 is 0. The molecule has 0 saturated heterocycles. The molecule has 0 fully saturated rings. The Balaban J connectivity index is 1.54. The minimum absolute atomic E-state index is 0.106. The highest BCUT2D eigenvalue weighted by Gasteiger charge is 2.26. The van der Waals surface area contributed by atoms with Crippen LogP contribution in [-0.2, 0) is 48.0 Å². The minimum Gasteiger partial charge on any atom is -0.345 e. The molecule has 5 rings (SSSR count). The Labute approximate surface area is 261 Å². The number of benzene rings is 3. The van der Waals surface area contributed by atoms with Crippen molar-refractivity contribution >= 4 is 41.5 Å². The largest absolute Gasteiger partial charge is 0.345 e. The lowest BCUT2D eigenvalue weighted by Gasteiger charge is -2.22. The van der Waals surface area contributed by atoms with Crippen molar-refractivity contribution < 1.29 is 28.8 Å². The van der Waals surface area contributed by atoms with Crippen molar-refractivity contribution in [2.75, 3.05) is 11.9 Å². The first-order chi connectivity index (χ1) is 21.8. The Morgan fingerprint density at radius 1 is 0.644 bits per heavy atom. The molecule has 0 aliphatic carbocycles. The zero-order chi connectivity index (χ0) is 32.0. The first-order valence-electron chi connectivity index (χ1n) is 14.9. The molecule has 234 valence electrons. The highest BCUT2D eigenvalue weighted by Crippen LogP contribution is 2.13. The number of aryl methyl sites for hydroxylation is 1. The number of carbonyl (C=O) groups is 6. The van der Waals surface area contributed by atoms with Crippen LogP contribution in [0.1, 0.15) is 36.0 Å². The number of fused-ring (bicyclic) bond motifs is 18. The summed E-state index contributed by atoms with van der Waals surface area (Å²) in [5, 5.41) is 13.4. The second-order valence-electron chi connectivity index (χ2n) is 10.9. The highest BCUT2D eigenvalue weighted by molar-refractivity contribution is 5.95. The molecule has 0 radical (unpaired) electrons. The van der Waals surface area contributed by atoms with Gasteiger partial charge in [-0.3, -0.25) is 24.0 Å². The van der Waals surface area contributed by atoms with Crippen LogP contribution in [0.2, 0.25) is 0 Å². The molecule has 2 aliphatic heterocycles. The normalized spacial score (nSPS) is 20.4. The summed E-state index contributed by atoms with van der Waals surface area (Å²) >= 11 is 0. The Hall–Kier alpha value is -5.32. The predicted molar refractivity (Wildman–Crippen MR) is 168 cm³/mol. The molecule has 3 atom stereocenters. The van der Waals surface area contributed by atoms with E-state index in [1.54, 1.807) is 24.3 Å². The summed E-state index contributed by atoms with van der Waals surface area (Å²) in [6.45, 7) is -0.444. The summed E-state index contributed by atoms with van der Waals surface area (Å²) in [6.07, 6.45) is 1.47. The molecule has 5 N–H and O–H groups in total. The van der Waals surface area contributed by atoms with Gasteiger partial charge in [0.15, 0.2) is 0 Å². The first kappa shape index (κ1) is 32.6. The standard InChI is InChI=1S/C34H37N5O6/c40-22-27-19-25-11-14-26(15-12-25)36-30(41)17-18-31(42)38-28(16-13-23-7-3-1-4-8-23)33(44)35-21-32(43)39-29(34(45)37-27)20-24-9-5-2-6-10-24/h1-12,14-15,22,27-29H,13,16-21H2,(H,35,44)(H,36,41)(H,37,45)(H,38,42)(H,39,43)/t27-,28+,29+/m0/s1. The number of nitrogens with one attached hydrogen (secondary N) is 5. The number of aldehydes is 1. The number of amides is 5. The zero-order valence-corrected chi connectivity index (χ0v) is 24.8. The summed E-state index contributed by atoms with van der Waals surface area (Å²) in [6, 6.07) is 22.5. The average Bonchev–Trinajstić information content (AvgIpc) is 3.05. The Morgan fingerprint density at radius 2 is 1.27 bits per heavy atom. The van der Waals surface area contributed by atoms with Crippen LogP contribution in [-0.4, -0.2) is 60.5 Å².